The van der Waals surface area contributed by atoms with Gasteiger partial charge in [-0.1, -0.05) is 49.2 Å². The van der Waals surface area contributed by atoms with Crippen molar-refractivity contribution < 1.29 is 13.2 Å². The lowest BCUT2D eigenvalue weighted by atomic mass is 9.84. The third-order valence-corrected chi connectivity index (χ3v) is 7.50. The molecule has 1 amide bonds. The van der Waals surface area contributed by atoms with Crippen molar-refractivity contribution >= 4 is 44.8 Å². The number of hydrogen-bond acceptors (Lipinski definition) is 3. The number of carbonyl (C=O) groups is 1. The first kappa shape index (κ1) is 21.0. The van der Waals surface area contributed by atoms with Gasteiger partial charge in [-0.25, -0.2) is 8.42 Å². The van der Waals surface area contributed by atoms with E-state index in [0.29, 0.717) is 40.8 Å². The molecule has 1 saturated heterocycles. The second kappa shape index (κ2) is 7.93. The summed E-state index contributed by atoms with van der Waals surface area (Å²) in [6.45, 7) is 4.83. The molecule has 0 saturated carbocycles. The van der Waals surface area contributed by atoms with Gasteiger partial charge < -0.3 is 5.32 Å². The molecule has 0 bridgehead atoms. The van der Waals surface area contributed by atoms with E-state index in [4.69, 9.17) is 23.2 Å². The zero-order valence-corrected chi connectivity index (χ0v) is 18.0. The first-order valence-electron chi connectivity index (χ1n) is 8.94. The van der Waals surface area contributed by atoms with Crippen LogP contribution in [0.4, 0.5) is 5.69 Å². The van der Waals surface area contributed by atoms with Crippen molar-refractivity contribution in [2.45, 2.75) is 25.7 Å². The van der Waals surface area contributed by atoms with Gasteiger partial charge in [0.15, 0.2) is 0 Å². The largest absolute Gasteiger partial charge is 0.351 e. The van der Waals surface area contributed by atoms with Crippen LogP contribution < -0.4 is 9.62 Å². The lowest BCUT2D eigenvalue weighted by molar-refractivity contribution is 0.0945. The number of hydrogen-bond donors (Lipinski definition) is 1. The van der Waals surface area contributed by atoms with E-state index < -0.39 is 10.0 Å². The topological polar surface area (TPSA) is 66.5 Å². The van der Waals surface area contributed by atoms with E-state index in [1.165, 1.54) is 4.31 Å². The molecule has 150 valence electrons. The third kappa shape index (κ3) is 4.45. The van der Waals surface area contributed by atoms with Gasteiger partial charge in [0, 0.05) is 24.1 Å². The van der Waals surface area contributed by atoms with Crippen LogP contribution in [-0.4, -0.2) is 33.2 Å². The molecule has 28 heavy (non-hydrogen) atoms. The Morgan fingerprint density at radius 3 is 2.54 bits per heavy atom. The van der Waals surface area contributed by atoms with Crippen LogP contribution in [0, 0.1) is 0 Å². The van der Waals surface area contributed by atoms with E-state index >= 15 is 0 Å². The SMILES string of the molecule is CC(C)(CNC(=O)c1cccc(N2CCCS2(=O)=O)c1)c1ccc(Cl)c(Cl)c1. The van der Waals surface area contributed by atoms with Crippen LogP contribution in [-0.2, 0) is 15.4 Å². The van der Waals surface area contributed by atoms with Crippen LogP contribution in [0.3, 0.4) is 0 Å². The van der Waals surface area contributed by atoms with Gasteiger partial charge in [0.25, 0.3) is 5.91 Å². The zero-order chi connectivity index (χ0) is 20.5. The van der Waals surface area contributed by atoms with E-state index in [2.05, 4.69) is 5.32 Å². The van der Waals surface area contributed by atoms with Gasteiger partial charge in [0.1, 0.15) is 0 Å². The van der Waals surface area contributed by atoms with Crippen molar-refractivity contribution in [1.82, 2.24) is 5.32 Å². The van der Waals surface area contributed by atoms with Crippen molar-refractivity contribution in [2.75, 3.05) is 23.1 Å². The molecule has 8 heteroatoms. The number of benzene rings is 2. The second-order valence-corrected chi connectivity index (χ2v) is 10.3. The standard InChI is InChI=1S/C20H22Cl2N2O3S/c1-20(2,15-7-8-17(21)18(22)12-15)13-23-19(25)14-5-3-6-16(11-14)24-9-4-10-28(24,26)27/h3,5-8,11-12H,4,9-10,13H2,1-2H3,(H,23,25). The maximum atomic E-state index is 12.6. The summed E-state index contributed by atoms with van der Waals surface area (Å²) < 4.78 is 25.6. The molecule has 1 fully saturated rings. The maximum absolute atomic E-state index is 12.6. The normalized spacial score (nSPS) is 16.2. The molecule has 0 unspecified atom stereocenters. The Balaban J connectivity index is 1.73. The van der Waals surface area contributed by atoms with Crippen LogP contribution in [0.15, 0.2) is 42.5 Å². The summed E-state index contributed by atoms with van der Waals surface area (Å²) in [4.78, 5) is 12.6. The highest BCUT2D eigenvalue weighted by Crippen LogP contribution is 2.30. The number of anilines is 1. The molecular formula is C20H22Cl2N2O3S. The Hall–Kier alpha value is -1.76. The van der Waals surface area contributed by atoms with Crippen LogP contribution in [0.1, 0.15) is 36.2 Å². The first-order valence-corrected chi connectivity index (χ1v) is 11.3. The Labute approximate surface area is 175 Å². The molecule has 0 aromatic heterocycles. The Morgan fingerprint density at radius 1 is 1.14 bits per heavy atom. The summed E-state index contributed by atoms with van der Waals surface area (Å²) in [7, 11) is -3.28. The van der Waals surface area contributed by atoms with Crippen LogP contribution >= 0.6 is 23.2 Å². The summed E-state index contributed by atoms with van der Waals surface area (Å²) in [5.41, 5.74) is 1.54. The molecule has 2 aromatic carbocycles. The second-order valence-electron chi connectivity index (χ2n) is 7.49. The molecule has 5 nitrogen and oxygen atoms in total. The number of sulfonamides is 1. The predicted octanol–water partition coefficient (Wildman–Crippen LogP) is 4.24. The Kier molecular flexibility index (Phi) is 5.94. The minimum atomic E-state index is -3.28. The maximum Gasteiger partial charge on any atom is 0.251 e. The fourth-order valence-corrected chi connectivity index (χ4v) is 5.01. The quantitative estimate of drug-likeness (QED) is 0.755. The lowest BCUT2D eigenvalue weighted by Crippen LogP contribution is -2.36. The number of halogens is 2. The van der Waals surface area contributed by atoms with Crippen molar-refractivity contribution in [3.63, 3.8) is 0 Å². The number of amides is 1. The van der Waals surface area contributed by atoms with Crippen molar-refractivity contribution in [1.29, 1.82) is 0 Å². The average Bonchev–Trinajstić information content (AvgIpc) is 3.01. The van der Waals surface area contributed by atoms with Crippen LogP contribution in [0.2, 0.25) is 10.0 Å². The molecule has 3 rings (SSSR count). The first-order chi connectivity index (χ1) is 13.1. The fraction of sp³-hybridized carbons (Fsp3) is 0.350. The average molecular weight is 441 g/mol. The van der Waals surface area contributed by atoms with E-state index in [0.717, 1.165) is 5.56 Å². The van der Waals surface area contributed by atoms with Gasteiger partial charge >= 0.3 is 0 Å². The molecule has 1 N–H and O–H groups in total. The van der Waals surface area contributed by atoms with Crippen molar-refractivity contribution in [3.8, 4) is 0 Å². The number of nitrogens with zero attached hydrogens (tertiary/aromatic N) is 1. The van der Waals surface area contributed by atoms with Gasteiger partial charge in [0.2, 0.25) is 10.0 Å². The van der Waals surface area contributed by atoms with Crippen LogP contribution in [0.25, 0.3) is 0 Å². The van der Waals surface area contributed by atoms with E-state index in [-0.39, 0.29) is 17.1 Å². The fourth-order valence-electron chi connectivity index (χ4n) is 3.15. The molecule has 1 heterocycles. The highest BCUT2D eigenvalue weighted by atomic mass is 35.5. The number of carbonyl (C=O) groups excluding carboxylic acids is 1. The molecule has 2 aromatic rings. The monoisotopic (exact) mass is 440 g/mol. The van der Waals surface area contributed by atoms with Gasteiger partial charge in [-0.15, -0.1) is 0 Å². The molecule has 1 aliphatic heterocycles. The summed E-state index contributed by atoms with van der Waals surface area (Å²) in [5.74, 6) is -0.118. The molecule has 0 aliphatic carbocycles. The zero-order valence-electron chi connectivity index (χ0n) is 15.7. The van der Waals surface area contributed by atoms with Crippen molar-refractivity contribution in [3.05, 3.63) is 63.6 Å². The highest BCUT2D eigenvalue weighted by Gasteiger charge is 2.29. The van der Waals surface area contributed by atoms with E-state index in [1.807, 2.05) is 19.9 Å². The summed E-state index contributed by atoms with van der Waals surface area (Å²) in [6, 6.07) is 12.1. The molecular weight excluding hydrogens is 419 g/mol. The summed E-state index contributed by atoms with van der Waals surface area (Å²) in [6.07, 6.45) is 0.594. The molecule has 0 atom stereocenters. The summed E-state index contributed by atoms with van der Waals surface area (Å²) >= 11 is 12.1. The van der Waals surface area contributed by atoms with Crippen molar-refractivity contribution in [2.24, 2.45) is 0 Å². The summed E-state index contributed by atoms with van der Waals surface area (Å²) in [5, 5.41) is 3.88. The molecule has 0 radical (unpaired) electrons. The van der Waals surface area contributed by atoms with Crippen LogP contribution in [0.5, 0.6) is 0 Å². The minimum Gasteiger partial charge on any atom is -0.351 e. The van der Waals surface area contributed by atoms with Gasteiger partial charge in [-0.3, -0.25) is 9.10 Å². The third-order valence-electron chi connectivity index (χ3n) is 4.89. The molecule has 0 spiro atoms. The number of rotatable bonds is 5. The van der Waals surface area contributed by atoms with Gasteiger partial charge in [0.05, 0.1) is 21.5 Å². The van der Waals surface area contributed by atoms with Gasteiger partial charge in [-0.2, -0.15) is 0 Å². The van der Waals surface area contributed by atoms with Gasteiger partial charge in [-0.05, 0) is 42.3 Å². The minimum absolute atomic E-state index is 0.140. The molecule has 1 aliphatic rings. The predicted molar refractivity (Wildman–Crippen MR) is 114 cm³/mol. The smallest absolute Gasteiger partial charge is 0.251 e. The highest BCUT2D eigenvalue weighted by molar-refractivity contribution is 7.93. The number of nitrogens with one attached hydrogen (secondary N) is 1. The van der Waals surface area contributed by atoms with E-state index in [9.17, 15) is 13.2 Å². The Bertz CT molecular complexity index is 1010. The lowest BCUT2D eigenvalue weighted by Gasteiger charge is -2.26. The Morgan fingerprint density at radius 2 is 1.89 bits per heavy atom. The van der Waals surface area contributed by atoms with E-state index in [1.54, 1.807) is 36.4 Å².